The summed E-state index contributed by atoms with van der Waals surface area (Å²) in [4.78, 5) is 10.1. The third-order valence-corrected chi connectivity index (χ3v) is 2.76. The van der Waals surface area contributed by atoms with Gasteiger partial charge in [-0.25, -0.2) is 14.4 Å². The second-order valence-electron chi connectivity index (χ2n) is 3.86. The molecule has 0 bridgehead atoms. The average Bonchev–Trinajstić information content (AvgIpc) is 2.46. The lowest BCUT2D eigenvalue weighted by Crippen LogP contribution is -2.14. The summed E-state index contributed by atoms with van der Waals surface area (Å²) in [5, 5.41) is 2.94. The molecule has 5 nitrogen and oxygen atoms in total. The SMILES string of the molecule is CNc1ncnc(N(C)c2ccc(F)cc2)c1OC. The third-order valence-electron chi connectivity index (χ3n) is 2.76. The van der Waals surface area contributed by atoms with Gasteiger partial charge in [-0.15, -0.1) is 0 Å². The molecule has 0 radical (unpaired) electrons. The van der Waals surface area contributed by atoms with Gasteiger partial charge in [-0.1, -0.05) is 0 Å². The van der Waals surface area contributed by atoms with E-state index >= 15 is 0 Å². The Morgan fingerprint density at radius 3 is 2.47 bits per heavy atom. The number of benzene rings is 1. The molecule has 0 aliphatic heterocycles. The van der Waals surface area contributed by atoms with E-state index in [9.17, 15) is 4.39 Å². The second kappa shape index (κ2) is 5.51. The van der Waals surface area contributed by atoms with Gasteiger partial charge in [0.05, 0.1) is 7.11 Å². The Morgan fingerprint density at radius 2 is 1.89 bits per heavy atom. The highest BCUT2D eigenvalue weighted by Gasteiger charge is 2.16. The molecule has 6 heteroatoms. The molecule has 0 spiro atoms. The van der Waals surface area contributed by atoms with E-state index in [0.717, 1.165) is 5.69 Å². The molecule has 1 heterocycles. The zero-order valence-corrected chi connectivity index (χ0v) is 11.0. The Bertz CT molecular complexity index is 559. The molecule has 1 N–H and O–H groups in total. The molecule has 100 valence electrons. The molecule has 0 unspecified atom stereocenters. The summed E-state index contributed by atoms with van der Waals surface area (Å²) in [5.74, 6) is 1.47. The van der Waals surface area contributed by atoms with Gasteiger partial charge in [0.1, 0.15) is 12.1 Å². The highest BCUT2D eigenvalue weighted by Crippen LogP contribution is 2.34. The molecule has 19 heavy (non-hydrogen) atoms. The fourth-order valence-electron chi connectivity index (χ4n) is 1.76. The molecule has 0 saturated heterocycles. The molecule has 0 aliphatic carbocycles. The van der Waals surface area contributed by atoms with Crippen molar-refractivity contribution in [3.8, 4) is 5.75 Å². The molecular formula is C13H15FN4O. The van der Waals surface area contributed by atoms with Gasteiger partial charge in [0.25, 0.3) is 0 Å². The summed E-state index contributed by atoms with van der Waals surface area (Å²) in [6.45, 7) is 0. The van der Waals surface area contributed by atoms with Gasteiger partial charge >= 0.3 is 0 Å². The van der Waals surface area contributed by atoms with Crippen LogP contribution in [0.15, 0.2) is 30.6 Å². The zero-order valence-electron chi connectivity index (χ0n) is 11.0. The van der Waals surface area contributed by atoms with Crippen molar-refractivity contribution in [2.24, 2.45) is 0 Å². The maximum absolute atomic E-state index is 12.9. The first-order chi connectivity index (χ1) is 9.17. The summed E-state index contributed by atoms with van der Waals surface area (Å²) in [6.07, 6.45) is 1.45. The van der Waals surface area contributed by atoms with Crippen LogP contribution in [0.4, 0.5) is 21.7 Å². The number of rotatable bonds is 4. The van der Waals surface area contributed by atoms with Crippen molar-refractivity contribution in [2.45, 2.75) is 0 Å². The maximum atomic E-state index is 12.9. The van der Waals surface area contributed by atoms with E-state index < -0.39 is 0 Å². The summed E-state index contributed by atoms with van der Waals surface area (Å²) in [6, 6.07) is 6.16. The lowest BCUT2D eigenvalue weighted by molar-refractivity contribution is 0.414. The Kier molecular flexibility index (Phi) is 3.79. The monoisotopic (exact) mass is 262 g/mol. The topological polar surface area (TPSA) is 50.3 Å². The van der Waals surface area contributed by atoms with Crippen LogP contribution >= 0.6 is 0 Å². The first-order valence-electron chi connectivity index (χ1n) is 5.73. The first-order valence-corrected chi connectivity index (χ1v) is 5.73. The van der Waals surface area contributed by atoms with Crippen LogP contribution in [0.1, 0.15) is 0 Å². The van der Waals surface area contributed by atoms with Crippen LogP contribution in [0.2, 0.25) is 0 Å². The highest BCUT2D eigenvalue weighted by atomic mass is 19.1. The predicted molar refractivity (Wildman–Crippen MR) is 72.6 cm³/mol. The number of hydrogen-bond acceptors (Lipinski definition) is 5. The van der Waals surface area contributed by atoms with Gasteiger partial charge in [-0.05, 0) is 24.3 Å². The van der Waals surface area contributed by atoms with Crippen LogP contribution in [0.3, 0.4) is 0 Å². The molecule has 0 fully saturated rings. The van der Waals surface area contributed by atoms with Gasteiger partial charge in [0.2, 0.25) is 5.75 Å². The molecule has 2 aromatic rings. The Hall–Kier alpha value is -2.37. The summed E-state index contributed by atoms with van der Waals surface area (Å²) >= 11 is 0. The summed E-state index contributed by atoms with van der Waals surface area (Å²) in [7, 11) is 5.14. The Labute approximate surface area is 111 Å². The van der Waals surface area contributed by atoms with Crippen LogP contribution in [0.5, 0.6) is 5.75 Å². The van der Waals surface area contributed by atoms with E-state index in [1.54, 1.807) is 31.2 Å². The van der Waals surface area contributed by atoms with Crippen LogP contribution in [-0.2, 0) is 0 Å². The zero-order chi connectivity index (χ0) is 13.8. The fraction of sp³-hybridized carbons (Fsp3) is 0.231. The molecule has 2 rings (SSSR count). The Balaban J connectivity index is 2.43. The van der Waals surface area contributed by atoms with E-state index in [1.165, 1.54) is 18.5 Å². The van der Waals surface area contributed by atoms with E-state index in [2.05, 4.69) is 15.3 Å². The number of hydrogen-bond donors (Lipinski definition) is 1. The second-order valence-corrected chi connectivity index (χ2v) is 3.86. The molecule has 0 amide bonds. The maximum Gasteiger partial charge on any atom is 0.204 e. The third kappa shape index (κ3) is 2.57. The number of aromatic nitrogens is 2. The fourth-order valence-corrected chi connectivity index (χ4v) is 1.76. The van der Waals surface area contributed by atoms with Crippen molar-refractivity contribution in [2.75, 3.05) is 31.4 Å². The molecule has 1 aromatic carbocycles. The largest absolute Gasteiger partial charge is 0.490 e. The number of ether oxygens (including phenoxy) is 1. The van der Waals surface area contributed by atoms with Gasteiger partial charge in [-0.3, -0.25) is 0 Å². The van der Waals surface area contributed by atoms with Crippen molar-refractivity contribution in [1.82, 2.24) is 9.97 Å². The van der Waals surface area contributed by atoms with E-state index in [1.807, 2.05) is 7.05 Å². The molecular weight excluding hydrogens is 247 g/mol. The number of nitrogens with zero attached hydrogens (tertiary/aromatic N) is 3. The van der Waals surface area contributed by atoms with Gasteiger partial charge < -0.3 is 15.0 Å². The number of methoxy groups -OCH3 is 1. The molecule has 1 aromatic heterocycles. The van der Waals surface area contributed by atoms with Gasteiger partial charge in [0.15, 0.2) is 11.6 Å². The molecule has 0 saturated carbocycles. The minimum atomic E-state index is -0.275. The lowest BCUT2D eigenvalue weighted by atomic mass is 10.3. The minimum absolute atomic E-state index is 0.275. The first kappa shape index (κ1) is 13.1. The van der Waals surface area contributed by atoms with Crippen LogP contribution in [0, 0.1) is 5.82 Å². The number of anilines is 3. The van der Waals surface area contributed by atoms with Crippen molar-refractivity contribution in [3.05, 3.63) is 36.4 Å². The van der Waals surface area contributed by atoms with Crippen molar-refractivity contribution in [1.29, 1.82) is 0 Å². The number of halogens is 1. The summed E-state index contributed by atoms with van der Waals surface area (Å²) < 4.78 is 18.3. The smallest absolute Gasteiger partial charge is 0.204 e. The van der Waals surface area contributed by atoms with E-state index in [0.29, 0.717) is 17.4 Å². The van der Waals surface area contributed by atoms with Crippen LogP contribution < -0.4 is 15.0 Å². The number of nitrogens with one attached hydrogen (secondary N) is 1. The van der Waals surface area contributed by atoms with E-state index in [4.69, 9.17) is 4.74 Å². The predicted octanol–water partition coefficient (Wildman–Crippen LogP) is 2.43. The van der Waals surface area contributed by atoms with Crippen LogP contribution in [0.25, 0.3) is 0 Å². The quantitative estimate of drug-likeness (QED) is 0.917. The van der Waals surface area contributed by atoms with Crippen LogP contribution in [-0.4, -0.2) is 31.2 Å². The van der Waals surface area contributed by atoms with Gasteiger partial charge in [0, 0.05) is 19.8 Å². The molecule has 0 atom stereocenters. The lowest BCUT2D eigenvalue weighted by Gasteiger charge is -2.21. The van der Waals surface area contributed by atoms with Crippen molar-refractivity contribution >= 4 is 17.3 Å². The Morgan fingerprint density at radius 1 is 1.21 bits per heavy atom. The molecule has 0 aliphatic rings. The minimum Gasteiger partial charge on any atom is -0.490 e. The van der Waals surface area contributed by atoms with Gasteiger partial charge in [-0.2, -0.15) is 0 Å². The standard InChI is InChI=1S/C13H15FN4O/c1-15-12-11(19-3)13(17-8-16-12)18(2)10-6-4-9(14)5-7-10/h4-8H,1-3H3,(H,15,16,17). The van der Waals surface area contributed by atoms with Crippen molar-refractivity contribution < 1.29 is 9.13 Å². The normalized spacial score (nSPS) is 10.1. The summed E-state index contributed by atoms with van der Waals surface area (Å²) in [5.41, 5.74) is 0.806. The highest BCUT2D eigenvalue weighted by molar-refractivity contribution is 5.70. The van der Waals surface area contributed by atoms with E-state index in [-0.39, 0.29) is 5.82 Å². The average molecular weight is 262 g/mol. The van der Waals surface area contributed by atoms with Crippen molar-refractivity contribution in [3.63, 3.8) is 0 Å².